The minimum absolute atomic E-state index is 0.299. The molecule has 0 atom stereocenters. The lowest BCUT2D eigenvalue weighted by Crippen LogP contribution is -2.80. The van der Waals surface area contributed by atoms with Crippen LogP contribution < -0.4 is 10.9 Å². The van der Waals surface area contributed by atoms with E-state index in [-0.39, 0.29) is 5.63 Å². The molecular weight excluding hydrogens is 310 g/mol. The number of benzene rings is 2. The summed E-state index contributed by atoms with van der Waals surface area (Å²) in [5, 5.41) is 3.91. The summed E-state index contributed by atoms with van der Waals surface area (Å²) in [5.41, 5.74) is 4.85. The van der Waals surface area contributed by atoms with Gasteiger partial charge >= 0.3 is 5.63 Å². The van der Waals surface area contributed by atoms with Gasteiger partial charge in [0.2, 0.25) is 0 Å². The molecule has 0 aliphatic heterocycles. The highest BCUT2D eigenvalue weighted by atomic mass is 35.5. The predicted octanol–water partition coefficient (Wildman–Crippen LogP) is 3.33. The van der Waals surface area contributed by atoms with Crippen molar-refractivity contribution in [3.63, 3.8) is 0 Å². The Labute approximate surface area is 139 Å². The van der Waals surface area contributed by atoms with Crippen LogP contribution in [0.5, 0.6) is 0 Å². The number of hydrogen-bond acceptors (Lipinski definition) is 2. The van der Waals surface area contributed by atoms with E-state index in [9.17, 15) is 4.79 Å². The fourth-order valence-electron chi connectivity index (χ4n) is 2.71. The number of hydrogen-bond donors (Lipinski definition) is 1. The molecule has 3 aromatic rings. The Morgan fingerprint density at radius 2 is 1.83 bits per heavy atom. The Balaban J connectivity index is 1.85. The second-order valence-electron chi connectivity index (χ2n) is 5.85. The van der Waals surface area contributed by atoms with E-state index in [2.05, 4.69) is 18.3 Å². The molecule has 1 aromatic heterocycles. The van der Waals surface area contributed by atoms with Crippen molar-refractivity contribution in [1.82, 2.24) is 0 Å². The first-order valence-corrected chi connectivity index (χ1v) is 8.01. The molecule has 0 bridgehead atoms. The number of rotatable bonds is 4. The largest absolute Gasteiger partial charge is 0.423 e. The van der Waals surface area contributed by atoms with Crippen molar-refractivity contribution in [3.05, 3.63) is 80.2 Å². The van der Waals surface area contributed by atoms with E-state index in [0.29, 0.717) is 5.58 Å². The van der Waals surface area contributed by atoms with Crippen LogP contribution >= 0.6 is 11.6 Å². The van der Waals surface area contributed by atoms with Gasteiger partial charge in [-0.3, -0.25) is 0 Å². The molecule has 0 spiro atoms. The van der Waals surface area contributed by atoms with Crippen LogP contribution in [0.1, 0.15) is 22.3 Å². The third kappa shape index (κ3) is 3.63. The number of nitrogens with two attached hydrogens (primary N) is 1. The van der Waals surface area contributed by atoms with Gasteiger partial charge in [-0.25, -0.2) is 4.79 Å². The SMILES string of the molecule is Cc1cc2oc(=O)cc(C[NH2+]Cc3cccc(Cl)c3)c2cc1C. The molecule has 1 heterocycles. The van der Waals surface area contributed by atoms with E-state index in [1.807, 2.05) is 37.3 Å². The van der Waals surface area contributed by atoms with Gasteiger partial charge in [-0.2, -0.15) is 0 Å². The second-order valence-corrected chi connectivity index (χ2v) is 6.29. The molecule has 2 aromatic carbocycles. The van der Waals surface area contributed by atoms with Crippen LogP contribution in [0.2, 0.25) is 5.02 Å². The minimum Gasteiger partial charge on any atom is -0.423 e. The zero-order valence-corrected chi connectivity index (χ0v) is 14.0. The van der Waals surface area contributed by atoms with Crippen LogP contribution in [0.4, 0.5) is 0 Å². The number of quaternary nitrogens is 1. The van der Waals surface area contributed by atoms with E-state index in [1.54, 1.807) is 6.07 Å². The van der Waals surface area contributed by atoms with Gasteiger partial charge in [0, 0.05) is 27.6 Å². The standard InChI is InChI=1S/C19H18ClNO2/c1-12-6-17-15(9-19(22)23-18(17)7-13(12)2)11-21-10-14-4-3-5-16(20)8-14/h3-9,21H,10-11H2,1-2H3/p+1. The molecular formula is C19H19ClNO2+. The van der Waals surface area contributed by atoms with Crippen molar-refractivity contribution >= 4 is 22.6 Å². The van der Waals surface area contributed by atoms with Crippen molar-refractivity contribution in [3.8, 4) is 0 Å². The lowest BCUT2D eigenvalue weighted by atomic mass is 10.0. The quantitative estimate of drug-likeness (QED) is 0.747. The smallest absolute Gasteiger partial charge is 0.336 e. The molecule has 4 heteroatoms. The molecule has 0 saturated heterocycles. The summed E-state index contributed by atoms with van der Waals surface area (Å²) < 4.78 is 5.33. The summed E-state index contributed by atoms with van der Waals surface area (Å²) in [6.45, 7) is 5.62. The Kier molecular flexibility index (Phi) is 4.51. The van der Waals surface area contributed by atoms with Crippen LogP contribution in [0.15, 0.2) is 51.7 Å². The Morgan fingerprint density at radius 3 is 2.61 bits per heavy atom. The first-order chi connectivity index (χ1) is 11.0. The van der Waals surface area contributed by atoms with Crippen molar-refractivity contribution in [2.75, 3.05) is 0 Å². The topological polar surface area (TPSA) is 46.8 Å². The summed E-state index contributed by atoms with van der Waals surface area (Å²) in [6.07, 6.45) is 0. The summed E-state index contributed by atoms with van der Waals surface area (Å²) in [4.78, 5) is 11.8. The monoisotopic (exact) mass is 328 g/mol. The molecule has 0 aliphatic carbocycles. The summed E-state index contributed by atoms with van der Waals surface area (Å²) in [6, 6.07) is 13.4. The van der Waals surface area contributed by atoms with Gasteiger partial charge in [-0.15, -0.1) is 0 Å². The van der Waals surface area contributed by atoms with Crippen LogP contribution in [-0.4, -0.2) is 0 Å². The van der Waals surface area contributed by atoms with E-state index < -0.39 is 0 Å². The highest BCUT2D eigenvalue weighted by Gasteiger charge is 2.09. The molecule has 0 radical (unpaired) electrons. The normalized spacial score (nSPS) is 11.1. The fourth-order valence-corrected chi connectivity index (χ4v) is 2.92. The summed E-state index contributed by atoms with van der Waals surface area (Å²) in [7, 11) is 0. The Hall–Kier alpha value is -2.10. The fraction of sp³-hybridized carbons (Fsp3) is 0.211. The van der Waals surface area contributed by atoms with Gasteiger partial charge < -0.3 is 9.73 Å². The third-order valence-electron chi connectivity index (χ3n) is 4.08. The number of halogens is 1. The molecule has 0 fully saturated rings. The number of aryl methyl sites for hydroxylation is 2. The summed E-state index contributed by atoms with van der Waals surface area (Å²) >= 11 is 6.00. The Bertz CT molecular complexity index is 915. The molecule has 2 N–H and O–H groups in total. The van der Waals surface area contributed by atoms with Crippen LogP contribution in [0, 0.1) is 13.8 Å². The maximum absolute atomic E-state index is 11.8. The van der Waals surface area contributed by atoms with E-state index in [4.69, 9.17) is 16.0 Å². The zero-order chi connectivity index (χ0) is 16.4. The molecule has 0 aliphatic rings. The van der Waals surface area contributed by atoms with Gasteiger partial charge in [0.05, 0.1) is 0 Å². The lowest BCUT2D eigenvalue weighted by molar-refractivity contribution is -0.686. The van der Waals surface area contributed by atoms with Gasteiger partial charge in [-0.05, 0) is 49.2 Å². The first kappa shape index (κ1) is 15.8. The molecule has 0 saturated carbocycles. The molecule has 0 unspecified atom stereocenters. The lowest BCUT2D eigenvalue weighted by Gasteiger charge is -2.08. The molecule has 23 heavy (non-hydrogen) atoms. The van der Waals surface area contributed by atoms with Crippen molar-refractivity contribution in [2.24, 2.45) is 0 Å². The van der Waals surface area contributed by atoms with Crippen molar-refractivity contribution < 1.29 is 9.73 Å². The maximum Gasteiger partial charge on any atom is 0.336 e. The molecule has 3 rings (SSSR count). The zero-order valence-electron chi connectivity index (χ0n) is 13.2. The molecule has 3 nitrogen and oxygen atoms in total. The molecule has 118 valence electrons. The predicted molar refractivity (Wildman–Crippen MR) is 92.7 cm³/mol. The first-order valence-electron chi connectivity index (χ1n) is 7.63. The van der Waals surface area contributed by atoms with E-state index in [1.165, 1.54) is 5.56 Å². The number of fused-ring (bicyclic) bond motifs is 1. The maximum atomic E-state index is 11.8. The summed E-state index contributed by atoms with van der Waals surface area (Å²) in [5.74, 6) is 0. The Morgan fingerprint density at radius 1 is 1.04 bits per heavy atom. The van der Waals surface area contributed by atoms with Crippen LogP contribution in [0.3, 0.4) is 0 Å². The van der Waals surface area contributed by atoms with E-state index >= 15 is 0 Å². The van der Waals surface area contributed by atoms with Crippen molar-refractivity contribution in [2.45, 2.75) is 26.9 Å². The van der Waals surface area contributed by atoms with Gasteiger partial charge in [-0.1, -0.05) is 23.7 Å². The highest BCUT2D eigenvalue weighted by molar-refractivity contribution is 6.30. The molecule has 0 amide bonds. The van der Waals surface area contributed by atoms with Gasteiger partial charge in [0.25, 0.3) is 0 Å². The van der Waals surface area contributed by atoms with Crippen molar-refractivity contribution in [1.29, 1.82) is 0 Å². The third-order valence-corrected chi connectivity index (χ3v) is 4.31. The van der Waals surface area contributed by atoms with Gasteiger partial charge in [0.1, 0.15) is 18.7 Å². The average Bonchev–Trinajstić information content (AvgIpc) is 2.49. The average molecular weight is 329 g/mol. The second kappa shape index (κ2) is 6.57. The van der Waals surface area contributed by atoms with Gasteiger partial charge in [0.15, 0.2) is 0 Å². The van der Waals surface area contributed by atoms with Crippen LogP contribution in [-0.2, 0) is 13.1 Å². The minimum atomic E-state index is -0.299. The van der Waals surface area contributed by atoms with E-state index in [0.717, 1.165) is 40.2 Å². The van der Waals surface area contributed by atoms with Crippen LogP contribution in [0.25, 0.3) is 11.0 Å². The highest BCUT2D eigenvalue weighted by Crippen LogP contribution is 2.21.